The fourth-order valence-electron chi connectivity index (χ4n) is 4.81. The van der Waals surface area contributed by atoms with Gasteiger partial charge in [0.2, 0.25) is 5.91 Å². The van der Waals surface area contributed by atoms with Gasteiger partial charge in [0.15, 0.2) is 5.82 Å². The van der Waals surface area contributed by atoms with Crippen molar-refractivity contribution in [3.63, 3.8) is 0 Å². The predicted molar refractivity (Wildman–Crippen MR) is 119 cm³/mol. The number of para-hydroxylation sites is 2. The zero-order valence-electron chi connectivity index (χ0n) is 17.6. The van der Waals surface area contributed by atoms with Crippen molar-refractivity contribution >= 4 is 22.8 Å². The molecule has 30 heavy (non-hydrogen) atoms. The standard InChI is InChI=1S/C25H28N4O/c1-18-25(27-23-9-5-4-8-22(23)26-18)28-13-10-19(11-14-28)16-24(30)29-15-12-20-6-2-3-7-21(20)17-29/h2-9,19H,10-17H2,1H3. The maximum absolute atomic E-state index is 12.9. The van der Waals surface area contributed by atoms with E-state index in [0.717, 1.165) is 68.0 Å². The maximum Gasteiger partial charge on any atom is 0.223 e. The van der Waals surface area contributed by atoms with E-state index in [2.05, 4.69) is 29.2 Å². The highest BCUT2D eigenvalue weighted by Crippen LogP contribution is 2.28. The smallest absolute Gasteiger partial charge is 0.223 e. The van der Waals surface area contributed by atoms with Crippen LogP contribution in [0, 0.1) is 12.8 Å². The number of rotatable bonds is 3. The number of nitrogens with zero attached hydrogens (tertiary/aromatic N) is 4. The second kappa shape index (κ2) is 8.05. The fraction of sp³-hybridized carbons (Fsp3) is 0.400. The highest BCUT2D eigenvalue weighted by atomic mass is 16.2. The number of hydrogen-bond acceptors (Lipinski definition) is 4. The lowest BCUT2D eigenvalue weighted by Crippen LogP contribution is -2.39. The van der Waals surface area contributed by atoms with Gasteiger partial charge in [0.25, 0.3) is 0 Å². The van der Waals surface area contributed by atoms with Crippen LogP contribution in [-0.2, 0) is 17.8 Å². The van der Waals surface area contributed by atoms with Crippen LogP contribution in [0.5, 0.6) is 0 Å². The van der Waals surface area contributed by atoms with E-state index in [0.29, 0.717) is 18.2 Å². The summed E-state index contributed by atoms with van der Waals surface area (Å²) in [7, 11) is 0. The number of fused-ring (bicyclic) bond motifs is 2. The monoisotopic (exact) mass is 400 g/mol. The summed E-state index contributed by atoms with van der Waals surface area (Å²) >= 11 is 0. The van der Waals surface area contributed by atoms with Gasteiger partial charge < -0.3 is 9.80 Å². The average Bonchev–Trinajstić information content (AvgIpc) is 2.79. The number of aromatic nitrogens is 2. The summed E-state index contributed by atoms with van der Waals surface area (Å²) in [5.41, 5.74) is 5.57. The quantitative estimate of drug-likeness (QED) is 0.663. The molecule has 3 heterocycles. The van der Waals surface area contributed by atoms with Gasteiger partial charge in [0, 0.05) is 32.6 Å². The molecular weight excluding hydrogens is 372 g/mol. The molecule has 2 aliphatic rings. The van der Waals surface area contributed by atoms with Crippen molar-refractivity contribution in [2.24, 2.45) is 5.92 Å². The van der Waals surface area contributed by atoms with E-state index in [-0.39, 0.29) is 0 Å². The maximum atomic E-state index is 12.9. The van der Waals surface area contributed by atoms with Crippen LogP contribution in [0.1, 0.15) is 36.1 Å². The van der Waals surface area contributed by atoms with E-state index in [1.165, 1.54) is 11.1 Å². The number of benzene rings is 2. The Kier molecular flexibility index (Phi) is 5.11. The minimum Gasteiger partial charge on any atom is -0.355 e. The third-order valence-corrected chi connectivity index (χ3v) is 6.58. The molecule has 1 aromatic heterocycles. The van der Waals surface area contributed by atoms with Gasteiger partial charge in [-0.2, -0.15) is 0 Å². The summed E-state index contributed by atoms with van der Waals surface area (Å²) in [5.74, 6) is 1.76. The average molecular weight is 401 g/mol. The van der Waals surface area contributed by atoms with Gasteiger partial charge >= 0.3 is 0 Å². The molecule has 0 N–H and O–H groups in total. The highest BCUT2D eigenvalue weighted by Gasteiger charge is 2.27. The topological polar surface area (TPSA) is 49.3 Å². The number of piperidine rings is 1. The van der Waals surface area contributed by atoms with Crippen molar-refractivity contribution < 1.29 is 4.79 Å². The van der Waals surface area contributed by atoms with E-state index < -0.39 is 0 Å². The number of amides is 1. The van der Waals surface area contributed by atoms with Crippen molar-refractivity contribution in [1.82, 2.24) is 14.9 Å². The Hall–Kier alpha value is -2.95. The Labute approximate surface area is 177 Å². The van der Waals surface area contributed by atoms with E-state index >= 15 is 0 Å². The van der Waals surface area contributed by atoms with Crippen LogP contribution in [0.2, 0.25) is 0 Å². The largest absolute Gasteiger partial charge is 0.355 e. The van der Waals surface area contributed by atoms with Gasteiger partial charge in [-0.25, -0.2) is 9.97 Å². The van der Waals surface area contributed by atoms with Crippen molar-refractivity contribution in [2.45, 2.75) is 39.2 Å². The van der Waals surface area contributed by atoms with Gasteiger partial charge in [-0.05, 0) is 55.4 Å². The van der Waals surface area contributed by atoms with Gasteiger partial charge in [-0.15, -0.1) is 0 Å². The van der Waals surface area contributed by atoms with Crippen LogP contribution in [0.15, 0.2) is 48.5 Å². The number of hydrogen-bond donors (Lipinski definition) is 0. The van der Waals surface area contributed by atoms with E-state index in [9.17, 15) is 4.79 Å². The molecule has 2 aliphatic heterocycles. The third-order valence-electron chi connectivity index (χ3n) is 6.58. The minimum absolute atomic E-state index is 0.310. The molecule has 1 amide bonds. The van der Waals surface area contributed by atoms with Crippen LogP contribution >= 0.6 is 0 Å². The molecule has 0 unspecified atom stereocenters. The van der Waals surface area contributed by atoms with Gasteiger partial charge in [-0.1, -0.05) is 36.4 Å². The molecule has 5 rings (SSSR count). The molecule has 0 bridgehead atoms. The Balaban J connectivity index is 1.20. The molecule has 0 saturated carbocycles. The molecule has 5 nitrogen and oxygen atoms in total. The second-order valence-electron chi connectivity index (χ2n) is 8.59. The first kappa shape index (κ1) is 19.0. The van der Waals surface area contributed by atoms with Crippen LogP contribution < -0.4 is 4.90 Å². The third kappa shape index (κ3) is 3.76. The zero-order chi connectivity index (χ0) is 20.5. The van der Waals surface area contributed by atoms with Crippen LogP contribution in [-0.4, -0.2) is 40.4 Å². The van der Waals surface area contributed by atoms with Gasteiger partial charge in [0.05, 0.1) is 16.7 Å². The molecule has 2 aromatic carbocycles. The fourth-order valence-corrected chi connectivity index (χ4v) is 4.81. The Morgan fingerprint density at radius 3 is 2.37 bits per heavy atom. The van der Waals surface area contributed by atoms with Crippen molar-refractivity contribution in [2.75, 3.05) is 24.5 Å². The molecule has 0 atom stereocenters. The molecule has 1 saturated heterocycles. The number of aryl methyl sites for hydroxylation is 1. The van der Waals surface area contributed by atoms with Crippen LogP contribution in [0.25, 0.3) is 11.0 Å². The van der Waals surface area contributed by atoms with Gasteiger partial charge in [0.1, 0.15) is 0 Å². The lowest BCUT2D eigenvalue weighted by molar-refractivity contribution is -0.133. The molecule has 3 aromatic rings. The first-order valence-electron chi connectivity index (χ1n) is 11.0. The molecule has 154 valence electrons. The van der Waals surface area contributed by atoms with E-state index in [1.54, 1.807) is 0 Å². The Bertz CT molecular complexity index is 1070. The van der Waals surface area contributed by atoms with Gasteiger partial charge in [-0.3, -0.25) is 4.79 Å². The summed E-state index contributed by atoms with van der Waals surface area (Å²) in [6, 6.07) is 16.5. The highest BCUT2D eigenvalue weighted by molar-refractivity contribution is 5.77. The predicted octanol–water partition coefficient (Wildman–Crippen LogP) is 4.13. The molecule has 0 spiro atoms. The Morgan fingerprint density at radius 2 is 1.60 bits per heavy atom. The summed E-state index contributed by atoms with van der Waals surface area (Å²) in [5, 5.41) is 0. The lowest BCUT2D eigenvalue weighted by atomic mass is 9.92. The van der Waals surface area contributed by atoms with E-state index in [1.807, 2.05) is 36.1 Å². The van der Waals surface area contributed by atoms with Crippen LogP contribution in [0.4, 0.5) is 5.82 Å². The minimum atomic E-state index is 0.310. The number of carbonyl (C=O) groups is 1. The summed E-state index contributed by atoms with van der Waals surface area (Å²) < 4.78 is 0. The van der Waals surface area contributed by atoms with E-state index in [4.69, 9.17) is 9.97 Å². The zero-order valence-corrected chi connectivity index (χ0v) is 17.6. The molecule has 1 fully saturated rings. The molecule has 0 aliphatic carbocycles. The lowest BCUT2D eigenvalue weighted by Gasteiger charge is -2.35. The number of carbonyl (C=O) groups excluding carboxylic acids is 1. The number of anilines is 1. The van der Waals surface area contributed by atoms with Crippen LogP contribution in [0.3, 0.4) is 0 Å². The Morgan fingerprint density at radius 1 is 0.933 bits per heavy atom. The molecule has 5 heteroatoms. The van der Waals surface area contributed by atoms with Crippen molar-refractivity contribution in [3.8, 4) is 0 Å². The summed E-state index contributed by atoms with van der Waals surface area (Å²) in [6.45, 7) is 5.53. The SMILES string of the molecule is Cc1nc2ccccc2nc1N1CCC(CC(=O)N2CCc3ccccc3C2)CC1. The molecule has 0 radical (unpaired) electrons. The molecular formula is C25H28N4O. The van der Waals surface area contributed by atoms with Crippen molar-refractivity contribution in [3.05, 3.63) is 65.4 Å². The normalized spacial score (nSPS) is 17.2. The second-order valence-corrected chi connectivity index (χ2v) is 8.59. The first-order valence-corrected chi connectivity index (χ1v) is 11.0. The van der Waals surface area contributed by atoms with Crippen molar-refractivity contribution in [1.29, 1.82) is 0 Å². The summed E-state index contributed by atoms with van der Waals surface area (Å²) in [4.78, 5) is 26.9. The first-order chi connectivity index (χ1) is 14.7. The summed E-state index contributed by atoms with van der Waals surface area (Å²) in [6.07, 6.45) is 3.70.